The van der Waals surface area contributed by atoms with E-state index >= 15 is 0 Å². The summed E-state index contributed by atoms with van der Waals surface area (Å²) in [7, 11) is 0. The number of aromatic nitrogens is 2. The number of carbonyl (C=O) groups is 2. The van der Waals surface area contributed by atoms with Crippen molar-refractivity contribution >= 4 is 55.4 Å². The first-order chi connectivity index (χ1) is 21.9. The van der Waals surface area contributed by atoms with E-state index in [0.29, 0.717) is 44.6 Å². The second kappa shape index (κ2) is 16.3. The molecule has 0 unspecified atom stereocenters. The molecule has 254 valence electrons. The summed E-state index contributed by atoms with van der Waals surface area (Å²) in [5.41, 5.74) is 0.685. The fourth-order valence-corrected chi connectivity index (χ4v) is 5.01. The second-order valence-electron chi connectivity index (χ2n) is 11.2. The van der Waals surface area contributed by atoms with E-state index in [2.05, 4.69) is 42.2 Å². The summed E-state index contributed by atoms with van der Waals surface area (Å²) < 4.78 is 60.1. The first-order valence-corrected chi connectivity index (χ1v) is 15.9. The number of amides is 2. The van der Waals surface area contributed by atoms with Gasteiger partial charge in [0, 0.05) is 36.8 Å². The molecule has 0 atom stereocenters. The van der Waals surface area contributed by atoms with Crippen LogP contribution in [0.4, 0.5) is 18.0 Å². The third-order valence-corrected chi connectivity index (χ3v) is 7.44. The zero-order chi connectivity index (χ0) is 34.9. The van der Waals surface area contributed by atoms with Crippen LogP contribution in [0.3, 0.4) is 0 Å². The first-order valence-electron chi connectivity index (χ1n) is 14.3. The summed E-state index contributed by atoms with van der Waals surface area (Å²) >= 11 is 6.81. The molecule has 47 heavy (non-hydrogen) atoms. The molecule has 16 heteroatoms. The molecule has 0 bridgehead atoms. The van der Waals surface area contributed by atoms with Gasteiger partial charge in [-0.15, -0.1) is 0 Å². The lowest BCUT2D eigenvalue weighted by Gasteiger charge is -2.20. The van der Waals surface area contributed by atoms with Crippen molar-refractivity contribution in [3.8, 4) is 11.5 Å². The molecule has 0 aliphatic heterocycles. The third kappa shape index (κ3) is 11.7. The predicted octanol–water partition coefficient (Wildman–Crippen LogP) is 6.98. The van der Waals surface area contributed by atoms with Gasteiger partial charge >= 0.3 is 18.2 Å². The summed E-state index contributed by atoms with van der Waals surface area (Å²) in [4.78, 5) is 27.1. The number of benzene rings is 2. The van der Waals surface area contributed by atoms with Gasteiger partial charge in [-0.1, -0.05) is 0 Å². The highest BCUT2D eigenvalue weighted by atomic mass is 79.9. The van der Waals surface area contributed by atoms with Crippen LogP contribution < -0.4 is 20.4 Å². The number of hydrogen-bond acceptors (Lipinski definition) is 7. The lowest BCUT2D eigenvalue weighted by molar-refractivity contribution is -0.169. The molecule has 3 aromatic rings. The van der Waals surface area contributed by atoms with E-state index in [9.17, 15) is 22.8 Å². The van der Waals surface area contributed by atoms with Crippen LogP contribution in [0.15, 0.2) is 62.7 Å². The average Bonchev–Trinajstić information content (AvgIpc) is 3.33. The molecule has 0 saturated heterocycles. The van der Waals surface area contributed by atoms with E-state index in [1.807, 2.05) is 0 Å². The summed E-state index contributed by atoms with van der Waals surface area (Å²) in [5, 5.41) is 18.2. The Balaban J connectivity index is 1.61. The molecule has 0 saturated carbocycles. The van der Waals surface area contributed by atoms with Gasteiger partial charge in [-0.05, 0) is 114 Å². The quantitative estimate of drug-likeness (QED) is 0.103. The van der Waals surface area contributed by atoms with Crippen LogP contribution in [-0.4, -0.2) is 57.7 Å². The molecule has 0 radical (unpaired) electrons. The van der Waals surface area contributed by atoms with Gasteiger partial charge in [0.15, 0.2) is 0 Å². The number of halogens is 5. The molecule has 1 heterocycles. The summed E-state index contributed by atoms with van der Waals surface area (Å²) in [6.07, 6.45) is -2.00. The SMILES string of the molecule is CC(=N)c1ccc(OCCCn2ccn(CCCOc3ccc(C(=N)NC(=O)OC(C)(C)C)cc3Br)/c2=N\C(=O)C(F)(F)F)c(Br)c1. The largest absolute Gasteiger partial charge is 0.492 e. The molecule has 3 N–H and O–H groups in total. The predicted molar refractivity (Wildman–Crippen MR) is 176 cm³/mol. The fraction of sp³-hybridized carbons (Fsp3) is 0.387. The Morgan fingerprint density at radius 1 is 0.872 bits per heavy atom. The fourth-order valence-electron chi connectivity index (χ4n) is 4.03. The topological polar surface area (TPSA) is 144 Å². The van der Waals surface area contributed by atoms with Crippen molar-refractivity contribution in [3.05, 3.63) is 74.5 Å². The number of aryl methyl sites for hydroxylation is 2. The number of nitrogens with zero attached hydrogens (tertiary/aromatic N) is 3. The number of imidazole rings is 1. The van der Waals surface area contributed by atoms with E-state index < -0.39 is 23.8 Å². The zero-order valence-electron chi connectivity index (χ0n) is 26.1. The molecular weight excluding hydrogens is 753 g/mol. The first kappa shape index (κ1) is 37.5. The number of ether oxygens (including phenoxy) is 3. The minimum atomic E-state index is -5.12. The number of rotatable bonds is 12. The minimum Gasteiger partial charge on any atom is -0.492 e. The Bertz CT molecular complexity index is 1700. The van der Waals surface area contributed by atoms with E-state index in [1.54, 1.807) is 76.5 Å². The Hall–Kier alpha value is -3.92. The number of nitrogens with one attached hydrogen (secondary N) is 3. The molecule has 11 nitrogen and oxygen atoms in total. The smallest absolute Gasteiger partial charge is 0.473 e. The molecular formula is C31H35Br2F3N6O5. The molecule has 0 aliphatic rings. The molecule has 0 spiro atoms. The van der Waals surface area contributed by atoms with Gasteiger partial charge in [-0.2, -0.15) is 18.2 Å². The normalized spacial score (nSPS) is 12.1. The summed E-state index contributed by atoms with van der Waals surface area (Å²) in [5.74, 6) is -1.36. The van der Waals surface area contributed by atoms with Gasteiger partial charge in [0.1, 0.15) is 22.9 Å². The number of carbonyl (C=O) groups excluding carboxylic acids is 2. The highest BCUT2D eigenvalue weighted by Gasteiger charge is 2.38. The maximum atomic E-state index is 13.1. The van der Waals surface area contributed by atoms with Crippen LogP contribution in [-0.2, 0) is 22.6 Å². The van der Waals surface area contributed by atoms with Crippen LogP contribution >= 0.6 is 31.9 Å². The van der Waals surface area contributed by atoms with E-state index in [4.69, 9.17) is 25.0 Å². The van der Waals surface area contributed by atoms with Crippen molar-refractivity contribution in [1.29, 1.82) is 10.8 Å². The Morgan fingerprint density at radius 2 is 1.36 bits per heavy atom. The van der Waals surface area contributed by atoms with Crippen molar-refractivity contribution in [3.63, 3.8) is 0 Å². The van der Waals surface area contributed by atoms with Crippen molar-refractivity contribution in [2.24, 2.45) is 4.99 Å². The van der Waals surface area contributed by atoms with Gasteiger partial charge in [-0.3, -0.25) is 15.5 Å². The maximum Gasteiger partial charge on any atom is 0.473 e. The summed E-state index contributed by atoms with van der Waals surface area (Å²) in [6.45, 7) is 7.67. The molecule has 1 aromatic heterocycles. The third-order valence-electron chi connectivity index (χ3n) is 6.20. The van der Waals surface area contributed by atoms with Crippen molar-refractivity contribution in [2.45, 2.75) is 65.4 Å². The second-order valence-corrected chi connectivity index (χ2v) is 12.9. The van der Waals surface area contributed by atoms with Crippen LogP contribution in [0.25, 0.3) is 0 Å². The Labute approximate surface area is 286 Å². The highest BCUT2D eigenvalue weighted by Crippen LogP contribution is 2.27. The van der Waals surface area contributed by atoms with Gasteiger partial charge in [0.2, 0.25) is 5.62 Å². The van der Waals surface area contributed by atoms with Crippen LogP contribution in [0, 0.1) is 10.8 Å². The maximum absolute atomic E-state index is 13.1. The number of hydrogen-bond donors (Lipinski definition) is 3. The van der Waals surface area contributed by atoms with Crippen LogP contribution in [0.1, 0.15) is 51.7 Å². The molecule has 2 aromatic carbocycles. The Kier molecular flexibility index (Phi) is 13.0. The van der Waals surface area contributed by atoms with Gasteiger partial charge in [-0.25, -0.2) is 4.79 Å². The van der Waals surface area contributed by atoms with Gasteiger partial charge in [0.05, 0.1) is 22.2 Å². The van der Waals surface area contributed by atoms with Crippen molar-refractivity contribution in [2.75, 3.05) is 13.2 Å². The van der Waals surface area contributed by atoms with Crippen LogP contribution in [0.2, 0.25) is 0 Å². The average molecular weight is 788 g/mol. The summed E-state index contributed by atoms with van der Waals surface area (Å²) in [6, 6.07) is 10.0. The van der Waals surface area contributed by atoms with Gasteiger partial charge in [0.25, 0.3) is 0 Å². The molecule has 2 amide bonds. The monoisotopic (exact) mass is 786 g/mol. The standard InChI is InChI=1S/C31H35Br2F3N6O5/c1-19(37)20-7-9-24(22(32)17-20)45-15-5-11-41-13-14-42(28(41)40-27(43)31(34,35)36)12-6-16-46-25-10-8-21(18-23(25)33)26(38)39-29(44)47-30(2,3)4/h7-10,13-14,17-18,37H,5-6,11-12,15-16H2,1-4H3,(H2,38,39,44)/b37-19?,40-28-. The minimum absolute atomic E-state index is 0.152. The number of alkyl carbamates (subject to hydrolysis) is 1. The van der Waals surface area contributed by atoms with E-state index in [-0.39, 0.29) is 37.8 Å². The van der Waals surface area contributed by atoms with E-state index in [1.165, 1.54) is 9.13 Å². The lowest BCUT2D eigenvalue weighted by atomic mass is 10.1. The Morgan fingerprint density at radius 3 is 1.81 bits per heavy atom. The number of alkyl halides is 3. The highest BCUT2D eigenvalue weighted by molar-refractivity contribution is 9.10. The number of amidine groups is 1. The van der Waals surface area contributed by atoms with Crippen LogP contribution in [0.5, 0.6) is 11.5 Å². The zero-order valence-corrected chi connectivity index (χ0v) is 29.3. The van der Waals surface area contributed by atoms with Gasteiger partial charge < -0.3 is 28.8 Å². The molecule has 0 fully saturated rings. The van der Waals surface area contributed by atoms with Crippen molar-refractivity contribution in [1.82, 2.24) is 14.5 Å². The lowest BCUT2D eigenvalue weighted by Crippen LogP contribution is -2.36. The molecule has 0 aliphatic carbocycles. The van der Waals surface area contributed by atoms with E-state index in [0.717, 1.165) is 5.56 Å². The van der Waals surface area contributed by atoms with Crippen molar-refractivity contribution < 1.29 is 37.0 Å². The molecule has 3 rings (SSSR count).